The Hall–Kier alpha value is -0.180. The van der Waals surface area contributed by atoms with E-state index in [0.29, 0.717) is 6.42 Å². The Kier molecular flexibility index (Phi) is 2.54. The summed E-state index contributed by atoms with van der Waals surface area (Å²) in [5, 5.41) is 2.97. The molecule has 1 nitrogen and oxygen atoms in total. The number of halogens is 2. The summed E-state index contributed by atoms with van der Waals surface area (Å²) in [4.78, 5) is 0. The Labute approximate surface area is 77.9 Å². The highest BCUT2D eigenvalue weighted by atomic mass is 19.3. The lowest BCUT2D eigenvalue weighted by molar-refractivity contribution is 0.0971. The summed E-state index contributed by atoms with van der Waals surface area (Å²) in [6.45, 7) is 0.821. The Balaban J connectivity index is 1.94. The SMILES string of the molecule is FC(F)C1CC2(CCCCC2)CN1. The van der Waals surface area contributed by atoms with Crippen LogP contribution in [0.2, 0.25) is 0 Å². The summed E-state index contributed by atoms with van der Waals surface area (Å²) in [7, 11) is 0. The third-order valence-corrected chi connectivity index (χ3v) is 3.61. The van der Waals surface area contributed by atoms with Crippen molar-refractivity contribution in [1.29, 1.82) is 0 Å². The van der Waals surface area contributed by atoms with Crippen molar-refractivity contribution in [3.05, 3.63) is 0 Å². The molecule has 1 aliphatic heterocycles. The lowest BCUT2D eigenvalue weighted by Crippen LogP contribution is -2.28. The van der Waals surface area contributed by atoms with Gasteiger partial charge in [-0.2, -0.15) is 0 Å². The zero-order chi connectivity index (χ0) is 9.31. The molecule has 1 saturated carbocycles. The molecule has 1 atom stereocenters. The molecule has 0 amide bonds. The van der Waals surface area contributed by atoms with E-state index >= 15 is 0 Å². The van der Waals surface area contributed by atoms with Gasteiger partial charge in [0.05, 0.1) is 6.04 Å². The van der Waals surface area contributed by atoms with E-state index in [0.717, 1.165) is 19.4 Å². The molecule has 13 heavy (non-hydrogen) atoms. The monoisotopic (exact) mass is 189 g/mol. The van der Waals surface area contributed by atoms with Crippen LogP contribution >= 0.6 is 0 Å². The molecule has 0 aromatic carbocycles. The van der Waals surface area contributed by atoms with Gasteiger partial charge in [0.15, 0.2) is 0 Å². The highest BCUT2D eigenvalue weighted by Crippen LogP contribution is 2.43. The van der Waals surface area contributed by atoms with Crippen LogP contribution in [-0.2, 0) is 0 Å². The van der Waals surface area contributed by atoms with Crippen LogP contribution in [0.1, 0.15) is 38.5 Å². The van der Waals surface area contributed by atoms with E-state index in [4.69, 9.17) is 0 Å². The summed E-state index contributed by atoms with van der Waals surface area (Å²) in [5.74, 6) is 0. The smallest absolute Gasteiger partial charge is 0.253 e. The van der Waals surface area contributed by atoms with Crippen LogP contribution in [0.25, 0.3) is 0 Å². The summed E-state index contributed by atoms with van der Waals surface area (Å²) in [6, 6.07) is -0.530. The lowest BCUT2D eigenvalue weighted by atomic mass is 9.73. The van der Waals surface area contributed by atoms with Gasteiger partial charge in [0.2, 0.25) is 0 Å². The van der Waals surface area contributed by atoms with Gasteiger partial charge >= 0.3 is 0 Å². The molecule has 2 fully saturated rings. The van der Waals surface area contributed by atoms with E-state index < -0.39 is 12.5 Å². The van der Waals surface area contributed by atoms with Gasteiger partial charge in [-0.25, -0.2) is 8.78 Å². The van der Waals surface area contributed by atoms with Gasteiger partial charge in [-0.15, -0.1) is 0 Å². The van der Waals surface area contributed by atoms with E-state index in [9.17, 15) is 8.78 Å². The Morgan fingerprint density at radius 3 is 2.38 bits per heavy atom. The quantitative estimate of drug-likeness (QED) is 0.668. The predicted molar refractivity (Wildman–Crippen MR) is 47.9 cm³/mol. The Morgan fingerprint density at radius 2 is 1.85 bits per heavy atom. The number of alkyl halides is 2. The van der Waals surface area contributed by atoms with Crippen LogP contribution in [0.15, 0.2) is 0 Å². The standard InChI is InChI=1S/C10H17F2N/c11-9(12)8-6-10(7-13-8)4-2-1-3-5-10/h8-9,13H,1-7H2. The van der Waals surface area contributed by atoms with Crippen LogP contribution in [0.3, 0.4) is 0 Å². The maximum absolute atomic E-state index is 12.4. The molecule has 0 aromatic rings. The highest BCUT2D eigenvalue weighted by Gasteiger charge is 2.42. The Bertz CT molecular complexity index is 176. The summed E-state index contributed by atoms with van der Waals surface area (Å²) in [6.07, 6.45) is 4.59. The van der Waals surface area contributed by atoms with E-state index in [1.165, 1.54) is 19.3 Å². The highest BCUT2D eigenvalue weighted by molar-refractivity contribution is 4.95. The first kappa shape index (κ1) is 9.38. The molecule has 1 saturated heterocycles. The number of nitrogens with one attached hydrogen (secondary N) is 1. The zero-order valence-corrected chi connectivity index (χ0v) is 7.86. The average Bonchev–Trinajstić information content (AvgIpc) is 2.51. The van der Waals surface area contributed by atoms with Crippen LogP contribution in [0, 0.1) is 5.41 Å². The van der Waals surface area contributed by atoms with Crippen molar-refractivity contribution < 1.29 is 8.78 Å². The van der Waals surface area contributed by atoms with E-state index in [-0.39, 0.29) is 5.41 Å². The third kappa shape index (κ3) is 1.85. The molecule has 76 valence electrons. The number of rotatable bonds is 1. The minimum Gasteiger partial charge on any atom is -0.308 e. The van der Waals surface area contributed by atoms with Gasteiger partial charge in [-0.3, -0.25) is 0 Å². The molecule has 2 rings (SSSR count). The van der Waals surface area contributed by atoms with E-state index in [2.05, 4.69) is 5.32 Å². The van der Waals surface area contributed by atoms with Gasteiger partial charge in [-0.1, -0.05) is 19.3 Å². The van der Waals surface area contributed by atoms with Crippen molar-refractivity contribution in [2.45, 2.75) is 51.0 Å². The molecule has 0 radical (unpaired) electrons. The molecule has 0 bridgehead atoms. The first-order valence-corrected chi connectivity index (χ1v) is 5.23. The second-order valence-electron chi connectivity index (χ2n) is 4.59. The molecule has 2 aliphatic rings. The van der Waals surface area contributed by atoms with Crippen molar-refractivity contribution in [2.75, 3.05) is 6.54 Å². The molecular weight excluding hydrogens is 172 g/mol. The van der Waals surface area contributed by atoms with Crippen molar-refractivity contribution in [3.8, 4) is 0 Å². The molecule has 1 N–H and O–H groups in total. The molecule has 1 heterocycles. The fraction of sp³-hybridized carbons (Fsp3) is 1.00. The molecule has 1 aliphatic carbocycles. The van der Waals surface area contributed by atoms with Crippen LogP contribution in [0.5, 0.6) is 0 Å². The number of hydrogen-bond acceptors (Lipinski definition) is 1. The average molecular weight is 189 g/mol. The van der Waals surface area contributed by atoms with Gasteiger partial charge < -0.3 is 5.32 Å². The minimum atomic E-state index is -2.18. The van der Waals surface area contributed by atoms with Crippen molar-refractivity contribution in [3.63, 3.8) is 0 Å². The van der Waals surface area contributed by atoms with Crippen LogP contribution < -0.4 is 5.32 Å². The predicted octanol–water partition coefficient (Wildman–Crippen LogP) is 2.56. The molecule has 3 heteroatoms. The second-order valence-corrected chi connectivity index (χ2v) is 4.59. The summed E-state index contributed by atoms with van der Waals surface area (Å²) < 4.78 is 24.8. The van der Waals surface area contributed by atoms with E-state index in [1.807, 2.05) is 0 Å². The third-order valence-electron chi connectivity index (χ3n) is 3.61. The first-order chi connectivity index (χ1) is 6.22. The zero-order valence-electron chi connectivity index (χ0n) is 7.86. The van der Waals surface area contributed by atoms with Crippen molar-refractivity contribution >= 4 is 0 Å². The minimum absolute atomic E-state index is 0.235. The number of hydrogen-bond donors (Lipinski definition) is 1. The lowest BCUT2D eigenvalue weighted by Gasteiger charge is -2.32. The van der Waals surface area contributed by atoms with Crippen molar-refractivity contribution in [1.82, 2.24) is 5.32 Å². The van der Waals surface area contributed by atoms with E-state index in [1.54, 1.807) is 0 Å². The largest absolute Gasteiger partial charge is 0.308 e. The summed E-state index contributed by atoms with van der Waals surface area (Å²) >= 11 is 0. The first-order valence-electron chi connectivity index (χ1n) is 5.23. The molecular formula is C10H17F2N. The fourth-order valence-corrected chi connectivity index (χ4v) is 2.82. The maximum Gasteiger partial charge on any atom is 0.253 e. The van der Waals surface area contributed by atoms with Gasteiger partial charge in [0, 0.05) is 6.54 Å². The van der Waals surface area contributed by atoms with Gasteiger partial charge in [-0.05, 0) is 24.7 Å². The fourth-order valence-electron chi connectivity index (χ4n) is 2.82. The maximum atomic E-state index is 12.4. The van der Waals surface area contributed by atoms with Crippen LogP contribution in [0.4, 0.5) is 8.78 Å². The normalized spacial score (nSPS) is 33.0. The van der Waals surface area contributed by atoms with Crippen LogP contribution in [-0.4, -0.2) is 19.0 Å². The van der Waals surface area contributed by atoms with Crippen molar-refractivity contribution in [2.24, 2.45) is 5.41 Å². The topological polar surface area (TPSA) is 12.0 Å². The molecule has 1 unspecified atom stereocenters. The van der Waals surface area contributed by atoms with Gasteiger partial charge in [0.1, 0.15) is 0 Å². The Morgan fingerprint density at radius 1 is 1.15 bits per heavy atom. The molecule has 0 aromatic heterocycles. The molecule has 1 spiro atoms. The second kappa shape index (κ2) is 3.52. The summed E-state index contributed by atoms with van der Waals surface area (Å²) in [5.41, 5.74) is 0.235. The van der Waals surface area contributed by atoms with Gasteiger partial charge in [0.25, 0.3) is 6.43 Å².